The van der Waals surface area contributed by atoms with Crippen molar-refractivity contribution in [2.75, 3.05) is 19.6 Å². The molecule has 1 atom stereocenters. The molecule has 0 radical (unpaired) electrons. The molecule has 2 heterocycles. The highest BCUT2D eigenvalue weighted by Gasteiger charge is 2.24. The van der Waals surface area contributed by atoms with Gasteiger partial charge in [-0.2, -0.15) is 0 Å². The number of nitrogens with zero attached hydrogens (tertiary/aromatic N) is 1. The van der Waals surface area contributed by atoms with Crippen LogP contribution in [0.1, 0.15) is 51.9 Å². The van der Waals surface area contributed by atoms with Gasteiger partial charge in [-0.15, -0.1) is 0 Å². The molecule has 0 aromatic carbocycles. The minimum Gasteiger partial charge on any atom is -0.343 e. The molecule has 2 aliphatic rings. The first-order valence-corrected chi connectivity index (χ1v) is 7.30. The van der Waals surface area contributed by atoms with Gasteiger partial charge in [-0.1, -0.05) is 19.8 Å². The van der Waals surface area contributed by atoms with E-state index in [9.17, 15) is 4.79 Å². The van der Waals surface area contributed by atoms with E-state index in [0.717, 1.165) is 32.0 Å². The van der Waals surface area contributed by atoms with Crippen molar-refractivity contribution in [3.63, 3.8) is 0 Å². The lowest BCUT2D eigenvalue weighted by Crippen LogP contribution is -2.43. The van der Waals surface area contributed by atoms with Gasteiger partial charge in [0, 0.05) is 25.6 Å². The Bertz CT molecular complexity index is 241. The van der Waals surface area contributed by atoms with E-state index in [1.165, 1.54) is 38.5 Å². The predicted octanol–water partition coefficient (Wildman–Crippen LogP) is 2.17. The molecule has 3 heteroatoms. The summed E-state index contributed by atoms with van der Waals surface area (Å²) in [5.74, 6) is 1.23. The second-order valence-corrected chi connectivity index (χ2v) is 5.58. The summed E-state index contributed by atoms with van der Waals surface area (Å²) in [6.45, 7) is 5.33. The Morgan fingerprint density at radius 3 is 2.59 bits per heavy atom. The van der Waals surface area contributed by atoms with Crippen LogP contribution >= 0.6 is 0 Å². The minimum absolute atomic E-state index is 0.374. The van der Waals surface area contributed by atoms with Gasteiger partial charge in [0.15, 0.2) is 0 Å². The third-order valence-electron chi connectivity index (χ3n) is 4.38. The lowest BCUT2D eigenvalue weighted by molar-refractivity contribution is -0.133. The van der Waals surface area contributed by atoms with Crippen LogP contribution < -0.4 is 5.32 Å². The molecule has 2 rings (SSSR count). The molecule has 0 aromatic heterocycles. The highest BCUT2D eigenvalue weighted by Crippen LogP contribution is 2.21. The molecule has 0 saturated carbocycles. The van der Waals surface area contributed by atoms with Crippen molar-refractivity contribution in [3.05, 3.63) is 0 Å². The van der Waals surface area contributed by atoms with Gasteiger partial charge in [0.25, 0.3) is 0 Å². The Morgan fingerprint density at radius 1 is 1.24 bits per heavy atom. The second-order valence-electron chi connectivity index (χ2n) is 5.58. The van der Waals surface area contributed by atoms with E-state index in [4.69, 9.17) is 0 Å². The lowest BCUT2D eigenvalue weighted by Gasteiger charge is -2.33. The van der Waals surface area contributed by atoms with Gasteiger partial charge in [-0.05, 0) is 38.1 Å². The largest absolute Gasteiger partial charge is 0.343 e. The minimum atomic E-state index is 0.374. The number of carbonyl (C=O) groups is 1. The first-order valence-electron chi connectivity index (χ1n) is 7.30. The van der Waals surface area contributed by atoms with Crippen LogP contribution in [0.3, 0.4) is 0 Å². The molecule has 98 valence electrons. The van der Waals surface area contributed by atoms with Crippen LogP contribution in [-0.2, 0) is 4.79 Å². The van der Waals surface area contributed by atoms with Gasteiger partial charge in [0.05, 0.1) is 0 Å². The van der Waals surface area contributed by atoms with Gasteiger partial charge in [0.2, 0.25) is 5.91 Å². The smallest absolute Gasteiger partial charge is 0.224 e. The maximum atomic E-state index is 12.1. The summed E-state index contributed by atoms with van der Waals surface area (Å²) < 4.78 is 0. The summed E-state index contributed by atoms with van der Waals surface area (Å²) >= 11 is 0. The van der Waals surface area contributed by atoms with Crippen LogP contribution in [0.2, 0.25) is 0 Å². The van der Waals surface area contributed by atoms with E-state index in [-0.39, 0.29) is 0 Å². The van der Waals surface area contributed by atoms with Crippen molar-refractivity contribution >= 4 is 5.91 Å². The second kappa shape index (κ2) is 6.39. The third kappa shape index (κ3) is 3.70. The Hall–Kier alpha value is -0.570. The standard InChI is InChI=1S/C14H26N2O/c1-2-12-6-9-16(10-7-12)14(17)11-13-5-3-4-8-15-13/h12-13,15H,2-11H2,1H3. The van der Waals surface area contributed by atoms with Crippen molar-refractivity contribution in [2.45, 2.75) is 57.9 Å². The summed E-state index contributed by atoms with van der Waals surface area (Å²) in [4.78, 5) is 14.2. The van der Waals surface area contributed by atoms with Crippen LogP contribution in [0, 0.1) is 5.92 Å². The van der Waals surface area contributed by atoms with Crippen molar-refractivity contribution in [1.82, 2.24) is 10.2 Å². The zero-order chi connectivity index (χ0) is 12.1. The van der Waals surface area contributed by atoms with E-state index in [0.29, 0.717) is 11.9 Å². The van der Waals surface area contributed by atoms with E-state index < -0.39 is 0 Å². The molecule has 0 aromatic rings. The zero-order valence-corrected chi connectivity index (χ0v) is 11.1. The van der Waals surface area contributed by atoms with Gasteiger partial charge < -0.3 is 10.2 Å². The lowest BCUT2D eigenvalue weighted by atomic mass is 9.94. The van der Waals surface area contributed by atoms with E-state index >= 15 is 0 Å². The fourth-order valence-corrected chi connectivity index (χ4v) is 3.03. The van der Waals surface area contributed by atoms with Crippen LogP contribution in [0.4, 0.5) is 0 Å². The van der Waals surface area contributed by atoms with Crippen molar-refractivity contribution in [1.29, 1.82) is 0 Å². The van der Waals surface area contributed by atoms with Gasteiger partial charge in [0.1, 0.15) is 0 Å². The topological polar surface area (TPSA) is 32.3 Å². The monoisotopic (exact) mass is 238 g/mol. The van der Waals surface area contributed by atoms with Crippen LogP contribution in [0.25, 0.3) is 0 Å². The normalized spacial score (nSPS) is 27.1. The number of nitrogens with one attached hydrogen (secondary N) is 1. The van der Waals surface area contributed by atoms with E-state index in [2.05, 4.69) is 17.1 Å². The number of rotatable bonds is 3. The molecule has 1 amide bonds. The molecule has 2 fully saturated rings. The first-order chi connectivity index (χ1) is 8.29. The molecule has 0 bridgehead atoms. The highest BCUT2D eigenvalue weighted by molar-refractivity contribution is 5.76. The molecule has 3 nitrogen and oxygen atoms in total. The summed E-state index contributed by atoms with van der Waals surface area (Å²) in [5.41, 5.74) is 0. The van der Waals surface area contributed by atoms with Gasteiger partial charge in [-0.25, -0.2) is 0 Å². The first kappa shape index (κ1) is 12.9. The molecule has 0 spiro atoms. The molecule has 2 aliphatic heterocycles. The number of piperidine rings is 2. The molecule has 1 N–H and O–H groups in total. The summed E-state index contributed by atoms with van der Waals surface area (Å²) in [5, 5.41) is 3.46. The summed E-state index contributed by atoms with van der Waals surface area (Å²) in [6, 6.07) is 0.445. The molecular formula is C14H26N2O. The quantitative estimate of drug-likeness (QED) is 0.817. The molecule has 1 unspecified atom stereocenters. The average molecular weight is 238 g/mol. The van der Waals surface area contributed by atoms with Gasteiger partial charge in [-0.3, -0.25) is 4.79 Å². The van der Waals surface area contributed by atoms with Crippen LogP contribution in [-0.4, -0.2) is 36.5 Å². The highest BCUT2D eigenvalue weighted by atomic mass is 16.2. The van der Waals surface area contributed by atoms with Crippen molar-refractivity contribution < 1.29 is 4.79 Å². The van der Waals surface area contributed by atoms with Crippen molar-refractivity contribution in [3.8, 4) is 0 Å². The predicted molar refractivity (Wildman–Crippen MR) is 69.9 cm³/mol. The fraction of sp³-hybridized carbons (Fsp3) is 0.929. The molecular weight excluding hydrogens is 212 g/mol. The summed E-state index contributed by atoms with van der Waals surface area (Å²) in [7, 11) is 0. The molecule has 0 aliphatic carbocycles. The number of likely N-dealkylation sites (tertiary alicyclic amines) is 1. The zero-order valence-electron chi connectivity index (χ0n) is 11.1. The van der Waals surface area contributed by atoms with Crippen LogP contribution in [0.15, 0.2) is 0 Å². The number of hydrogen-bond donors (Lipinski definition) is 1. The SMILES string of the molecule is CCC1CCN(C(=O)CC2CCCCN2)CC1. The average Bonchev–Trinajstić information content (AvgIpc) is 2.40. The maximum Gasteiger partial charge on any atom is 0.224 e. The number of hydrogen-bond acceptors (Lipinski definition) is 2. The Labute approximate surface area is 105 Å². The van der Waals surface area contributed by atoms with E-state index in [1.54, 1.807) is 0 Å². The van der Waals surface area contributed by atoms with Gasteiger partial charge >= 0.3 is 0 Å². The van der Waals surface area contributed by atoms with E-state index in [1.807, 2.05) is 0 Å². The third-order valence-corrected chi connectivity index (χ3v) is 4.38. The number of carbonyl (C=O) groups excluding carboxylic acids is 1. The Kier molecular flexibility index (Phi) is 4.84. The van der Waals surface area contributed by atoms with Crippen LogP contribution in [0.5, 0.6) is 0 Å². The molecule has 2 saturated heterocycles. The number of amides is 1. The molecule has 17 heavy (non-hydrogen) atoms. The maximum absolute atomic E-state index is 12.1. The Morgan fingerprint density at radius 2 is 2.00 bits per heavy atom. The summed E-state index contributed by atoms with van der Waals surface area (Å²) in [6.07, 6.45) is 8.14. The fourth-order valence-electron chi connectivity index (χ4n) is 3.03. The van der Waals surface area contributed by atoms with Crippen molar-refractivity contribution in [2.24, 2.45) is 5.92 Å². The Balaban J connectivity index is 1.72.